The number of aryl methyl sites for hydroxylation is 1. The van der Waals surface area contributed by atoms with Gasteiger partial charge in [0.25, 0.3) is 0 Å². The van der Waals surface area contributed by atoms with Crippen LogP contribution < -0.4 is 5.14 Å². The fourth-order valence-corrected chi connectivity index (χ4v) is 3.82. The molecule has 1 unspecified atom stereocenters. The summed E-state index contributed by atoms with van der Waals surface area (Å²) in [5.41, 5.74) is 1.83. The van der Waals surface area contributed by atoms with Gasteiger partial charge in [-0.1, -0.05) is 29.8 Å². The third-order valence-electron chi connectivity index (χ3n) is 3.88. The molecule has 1 aliphatic heterocycles. The smallest absolute Gasteiger partial charge is 0.326 e. The van der Waals surface area contributed by atoms with Crippen LogP contribution in [-0.2, 0) is 26.0 Å². The molecule has 2 rings (SSSR count). The number of nitrogens with two attached hydrogens (primary N) is 1. The Kier molecular flexibility index (Phi) is 5.06. The van der Waals surface area contributed by atoms with Gasteiger partial charge in [0.1, 0.15) is 6.04 Å². The first kappa shape index (κ1) is 17.4. The van der Waals surface area contributed by atoms with Gasteiger partial charge in [0.05, 0.1) is 5.75 Å². The van der Waals surface area contributed by atoms with Crippen molar-refractivity contribution in [3.63, 3.8) is 0 Å². The quantitative estimate of drug-likeness (QED) is 0.763. The molecular formula is C15H20N2O5S. The second kappa shape index (κ2) is 6.67. The number of aliphatic carboxylic acids is 1. The van der Waals surface area contributed by atoms with Gasteiger partial charge >= 0.3 is 5.97 Å². The van der Waals surface area contributed by atoms with E-state index in [1.807, 2.05) is 31.2 Å². The van der Waals surface area contributed by atoms with Crippen molar-refractivity contribution in [1.82, 2.24) is 4.90 Å². The van der Waals surface area contributed by atoms with E-state index in [0.29, 0.717) is 0 Å². The zero-order valence-electron chi connectivity index (χ0n) is 12.8. The SMILES string of the molecule is Cc1cccc(C[C@@H](C(=O)O)N2CC(CS(N)(=O)=O)CC2=O)c1. The number of sulfonamides is 1. The number of amides is 1. The molecule has 8 heteroatoms. The lowest BCUT2D eigenvalue weighted by Gasteiger charge is -2.25. The zero-order valence-corrected chi connectivity index (χ0v) is 13.6. The Morgan fingerprint density at radius 1 is 1.48 bits per heavy atom. The summed E-state index contributed by atoms with van der Waals surface area (Å²) in [5.74, 6) is -2.22. The summed E-state index contributed by atoms with van der Waals surface area (Å²) < 4.78 is 22.3. The Labute approximate surface area is 135 Å². The normalized spacial score (nSPS) is 19.8. The van der Waals surface area contributed by atoms with Crippen LogP contribution in [0.25, 0.3) is 0 Å². The molecule has 1 aromatic carbocycles. The van der Waals surface area contributed by atoms with Gasteiger partial charge in [-0.2, -0.15) is 0 Å². The Morgan fingerprint density at radius 2 is 2.17 bits per heavy atom. The summed E-state index contributed by atoms with van der Waals surface area (Å²) in [6, 6.07) is 6.42. The molecule has 0 aromatic heterocycles. The van der Waals surface area contributed by atoms with E-state index < -0.39 is 28.0 Å². The monoisotopic (exact) mass is 340 g/mol. The predicted octanol–water partition coefficient (Wildman–Crippen LogP) is 0.128. The van der Waals surface area contributed by atoms with Crippen molar-refractivity contribution in [2.75, 3.05) is 12.3 Å². The number of likely N-dealkylation sites (tertiary alicyclic amines) is 1. The molecule has 1 heterocycles. The van der Waals surface area contributed by atoms with Crippen LogP contribution in [-0.4, -0.2) is 48.6 Å². The molecule has 0 spiro atoms. The molecule has 1 aliphatic rings. The van der Waals surface area contributed by atoms with Crippen molar-refractivity contribution in [3.05, 3.63) is 35.4 Å². The van der Waals surface area contributed by atoms with Crippen LogP contribution in [0, 0.1) is 12.8 Å². The number of carbonyl (C=O) groups is 2. The number of carboxylic acid groups (broad SMARTS) is 1. The van der Waals surface area contributed by atoms with Crippen molar-refractivity contribution < 1.29 is 23.1 Å². The van der Waals surface area contributed by atoms with Gasteiger partial charge in [0.15, 0.2) is 0 Å². The van der Waals surface area contributed by atoms with E-state index in [0.717, 1.165) is 11.1 Å². The molecule has 2 atom stereocenters. The van der Waals surface area contributed by atoms with E-state index in [-0.39, 0.29) is 31.0 Å². The predicted molar refractivity (Wildman–Crippen MR) is 84.1 cm³/mol. The number of carboxylic acids is 1. The number of hydrogen-bond donors (Lipinski definition) is 2. The highest BCUT2D eigenvalue weighted by Gasteiger charge is 2.38. The standard InChI is InChI=1S/C15H20N2O5S/c1-10-3-2-4-11(5-10)6-13(15(19)20)17-8-12(7-14(17)18)9-23(16,21)22/h2-5,12-13H,6-9H2,1H3,(H,19,20)(H2,16,21,22)/t12?,13-/m0/s1. The van der Waals surface area contributed by atoms with Crippen LogP contribution >= 0.6 is 0 Å². The van der Waals surface area contributed by atoms with E-state index in [1.54, 1.807) is 0 Å². The lowest BCUT2D eigenvalue weighted by molar-refractivity contribution is -0.148. The third-order valence-corrected chi connectivity index (χ3v) is 4.82. The van der Waals surface area contributed by atoms with Gasteiger partial charge in [-0.15, -0.1) is 0 Å². The molecule has 1 fully saturated rings. The molecule has 0 saturated carbocycles. The Bertz CT molecular complexity index is 716. The second-order valence-electron chi connectivity index (χ2n) is 5.99. The van der Waals surface area contributed by atoms with Gasteiger partial charge in [-0.05, 0) is 12.5 Å². The van der Waals surface area contributed by atoms with Gasteiger partial charge < -0.3 is 10.0 Å². The van der Waals surface area contributed by atoms with Gasteiger partial charge in [0, 0.05) is 25.3 Å². The molecule has 0 bridgehead atoms. The molecule has 126 valence electrons. The van der Waals surface area contributed by atoms with Crippen LogP contribution in [0.2, 0.25) is 0 Å². The van der Waals surface area contributed by atoms with E-state index >= 15 is 0 Å². The second-order valence-corrected chi connectivity index (χ2v) is 7.65. The maximum Gasteiger partial charge on any atom is 0.326 e. The summed E-state index contributed by atoms with van der Waals surface area (Å²) in [7, 11) is -3.69. The fourth-order valence-electron chi connectivity index (χ4n) is 2.94. The largest absolute Gasteiger partial charge is 0.480 e. The minimum absolute atomic E-state index is 0.00796. The van der Waals surface area contributed by atoms with E-state index in [2.05, 4.69) is 0 Å². The minimum atomic E-state index is -3.69. The van der Waals surface area contributed by atoms with Crippen molar-refractivity contribution in [2.24, 2.45) is 11.1 Å². The highest BCUT2D eigenvalue weighted by molar-refractivity contribution is 7.89. The maximum absolute atomic E-state index is 12.1. The summed E-state index contributed by atoms with van der Waals surface area (Å²) in [6.07, 6.45) is 0.193. The highest BCUT2D eigenvalue weighted by atomic mass is 32.2. The van der Waals surface area contributed by atoms with Gasteiger partial charge in [0.2, 0.25) is 15.9 Å². The first-order valence-corrected chi connectivity index (χ1v) is 8.95. The summed E-state index contributed by atoms with van der Waals surface area (Å²) in [5, 5.41) is 14.5. The summed E-state index contributed by atoms with van der Waals surface area (Å²) >= 11 is 0. The maximum atomic E-state index is 12.1. The van der Waals surface area contributed by atoms with Crippen molar-refractivity contribution in [1.29, 1.82) is 0 Å². The molecule has 0 aliphatic carbocycles. The van der Waals surface area contributed by atoms with Crippen LogP contribution in [0.4, 0.5) is 0 Å². The topological polar surface area (TPSA) is 118 Å². The average Bonchev–Trinajstić information content (AvgIpc) is 2.74. The highest BCUT2D eigenvalue weighted by Crippen LogP contribution is 2.23. The molecule has 1 saturated heterocycles. The summed E-state index contributed by atoms with van der Waals surface area (Å²) in [4.78, 5) is 24.9. The lowest BCUT2D eigenvalue weighted by atomic mass is 10.0. The van der Waals surface area contributed by atoms with Crippen LogP contribution in [0.5, 0.6) is 0 Å². The zero-order chi connectivity index (χ0) is 17.2. The average molecular weight is 340 g/mol. The molecule has 23 heavy (non-hydrogen) atoms. The molecule has 7 nitrogen and oxygen atoms in total. The molecule has 1 amide bonds. The van der Waals surface area contributed by atoms with Gasteiger partial charge in [-0.25, -0.2) is 18.4 Å². The Balaban J connectivity index is 2.15. The number of primary sulfonamides is 1. The molecular weight excluding hydrogens is 320 g/mol. The van der Waals surface area contributed by atoms with Crippen LogP contribution in [0.15, 0.2) is 24.3 Å². The number of nitrogens with zero attached hydrogens (tertiary/aromatic N) is 1. The molecule has 1 aromatic rings. The molecule has 3 N–H and O–H groups in total. The van der Waals surface area contributed by atoms with Gasteiger partial charge in [-0.3, -0.25) is 4.79 Å². The van der Waals surface area contributed by atoms with Crippen LogP contribution in [0.3, 0.4) is 0 Å². The van der Waals surface area contributed by atoms with E-state index in [1.165, 1.54) is 4.90 Å². The van der Waals surface area contributed by atoms with Crippen LogP contribution in [0.1, 0.15) is 17.5 Å². The Hall–Kier alpha value is -1.93. The van der Waals surface area contributed by atoms with Crippen molar-refractivity contribution >= 4 is 21.9 Å². The van der Waals surface area contributed by atoms with Crippen molar-refractivity contribution in [3.8, 4) is 0 Å². The molecule has 0 radical (unpaired) electrons. The number of benzene rings is 1. The minimum Gasteiger partial charge on any atom is -0.480 e. The number of hydrogen-bond acceptors (Lipinski definition) is 4. The fraction of sp³-hybridized carbons (Fsp3) is 0.467. The summed E-state index contributed by atoms with van der Waals surface area (Å²) in [6.45, 7) is 2.00. The number of carbonyl (C=O) groups excluding carboxylic acids is 1. The Morgan fingerprint density at radius 3 is 2.74 bits per heavy atom. The first-order chi connectivity index (χ1) is 10.7. The number of rotatable bonds is 6. The van der Waals surface area contributed by atoms with Crippen molar-refractivity contribution in [2.45, 2.75) is 25.8 Å². The lowest BCUT2D eigenvalue weighted by Crippen LogP contribution is -2.44. The third kappa shape index (κ3) is 4.77. The van der Waals surface area contributed by atoms with E-state index in [9.17, 15) is 23.1 Å². The van der Waals surface area contributed by atoms with E-state index in [4.69, 9.17) is 5.14 Å². The first-order valence-electron chi connectivity index (χ1n) is 7.24.